The van der Waals surface area contributed by atoms with Crippen molar-refractivity contribution in [2.75, 3.05) is 6.61 Å². The lowest BCUT2D eigenvalue weighted by atomic mass is 10.1. The van der Waals surface area contributed by atoms with Crippen LogP contribution in [0.5, 0.6) is 5.75 Å². The molecule has 1 N–H and O–H groups in total. The highest BCUT2D eigenvalue weighted by Gasteiger charge is 2.27. The van der Waals surface area contributed by atoms with Crippen LogP contribution in [0.25, 0.3) is 0 Å². The van der Waals surface area contributed by atoms with Gasteiger partial charge in [0.2, 0.25) is 0 Å². The van der Waals surface area contributed by atoms with Gasteiger partial charge in [0, 0.05) is 11.2 Å². The number of benzene rings is 1. The third kappa shape index (κ3) is 7.83. The fourth-order valence-corrected chi connectivity index (χ4v) is 3.41. The van der Waals surface area contributed by atoms with E-state index in [0.717, 1.165) is 12.8 Å². The topological polar surface area (TPSA) is 64.6 Å². The summed E-state index contributed by atoms with van der Waals surface area (Å²) in [7, 11) is 0. The number of ether oxygens (including phenoxy) is 1. The van der Waals surface area contributed by atoms with Crippen molar-refractivity contribution in [3.8, 4) is 5.75 Å². The van der Waals surface area contributed by atoms with Crippen LogP contribution in [0.2, 0.25) is 0 Å². The van der Waals surface area contributed by atoms with Gasteiger partial charge in [-0.25, -0.2) is 9.65 Å². The zero-order valence-electron chi connectivity index (χ0n) is 13.1. The minimum Gasteiger partial charge on any atom is -0.465 e. The van der Waals surface area contributed by atoms with Gasteiger partial charge in [-0.1, -0.05) is 32.0 Å². The lowest BCUT2D eigenvalue weighted by Crippen LogP contribution is -2.33. The zero-order valence-corrected chi connectivity index (χ0v) is 14.8. The van der Waals surface area contributed by atoms with Gasteiger partial charge in [-0.15, -0.1) is 0 Å². The van der Waals surface area contributed by atoms with Gasteiger partial charge < -0.3 is 9.26 Å². The van der Waals surface area contributed by atoms with Gasteiger partial charge in [0.05, 0.1) is 6.61 Å². The van der Waals surface area contributed by atoms with Crippen LogP contribution < -0.4 is 9.61 Å². The van der Waals surface area contributed by atoms with Crippen LogP contribution in [0, 0.1) is 5.92 Å². The van der Waals surface area contributed by atoms with Crippen LogP contribution in [0.3, 0.4) is 0 Å². The number of hydrogen-bond donors (Lipinski definition) is 1. The summed E-state index contributed by atoms with van der Waals surface area (Å²) in [5.74, 6) is 0.434. The quantitative estimate of drug-likeness (QED) is 0.408. The van der Waals surface area contributed by atoms with Crippen molar-refractivity contribution < 1.29 is 18.6 Å². The predicted molar refractivity (Wildman–Crippen MR) is 88.2 cm³/mol. The molecule has 5 nitrogen and oxygen atoms in total. The number of carbonyl (C=O) groups excluding carboxylic acids is 1. The molecule has 0 fully saturated rings. The summed E-state index contributed by atoms with van der Waals surface area (Å²) < 4.78 is 22.4. The smallest absolute Gasteiger partial charge is 0.409 e. The first-order valence-electron chi connectivity index (χ1n) is 7.29. The van der Waals surface area contributed by atoms with Crippen LogP contribution in [-0.4, -0.2) is 18.6 Å². The lowest BCUT2D eigenvalue weighted by molar-refractivity contribution is -0.145. The van der Waals surface area contributed by atoms with Gasteiger partial charge >= 0.3 is 12.8 Å². The van der Waals surface area contributed by atoms with Crippen molar-refractivity contribution in [2.24, 2.45) is 5.92 Å². The number of esters is 1. The summed E-state index contributed by atoms with van der Waals surface area (Å²) in [6.07, 6.45) is 1.79. The van der Waals surface area contributed by atoms with E-state index in [1.807, 2.05) is 0 Å². The van der Waals surface area contributed by atoms with Crippen molar-refractivity contribution in [2.45, 2.75) is 39.7 Å². The average molecular weight is 348 g/mol. The molecule has 1 aromatic rings. The second-order valence-corrected chi connectivity index (χ2v) is 8.17. The summed E-state index contributed by atoms with van der Waals surface area (Å²) in [5, 5.41) is 2.48. The van der Waals surface area contributed by atoms with E-state index < -0.39 is 18.9 Å². The molecular formula is C15H23ClNO4P. The molecule has 0 aromatic heterocycles. The molecule has 7 heteroatoms. The SMILES string of the molecule is CC(C)CCCOC(=O)[C@H](C)NP(=O)(Cl)Oc1ccccc1. The molecule has 0 amide bonds. The number of nitrogens with one attached hydrogen (secondary N) is 1. The van der Waals surface area contributed by atoms with Gasteiger partial charge in [-0.2, -0.15) is 0 Å². The van der Waals surface area contributed by atoms with Crippen LogP contribution in [0.4, 0.5) is 0 Å². The third-order valence-corrected chi connectivity index (χ3v) is 4.48. The summed E-state index contributed by atoms with van der Waals surface area (Å²) in [5.41, 5.74) is 0. The first-order valence-corrected chi connectivity index (χ1v) is 9.82. The Kier molecular flexibility index (Phi) is 7.94. The molecule has 0 heterocycles. The van der Waals surface area contributed by atoms with E-state index >= 15 is 0 Å². The highest BCUT2D eigenvalue weighted by Crippen LogP contribution is 2.48. The Morgan fingerprint density at radius 1 is 1.27 bits per heavy atom. The first kappa shape index (κ1) is 19.0. The first-order chi connectivity index (χ1) is 10.3. The Hall–Kier alpha value is -1.03. The lowest BCUT2D eigenvalue weighted by Gasteiger charge is -2.18. The molecule has 0 spiro atoms. The summed E-state index contributed by atoms with van der Waals surface area (Å²) >= 11 is 5.83. The van der Waals surface area contributed by atoms with E-state index in [4.69, 9.17) is 20.5 Å². The van der Waals surface area contributed by atoms with Gasteiger partial charge in [-0.05, 0) is 37.8 Å². The maximum absolute atomic E-state index is 12.1. The average Bonchev–Trinajstić information content (AvgIpc) is 2.43. The van der Waals surface area contributed by atoms with E-state index in [9.17, 15) is 9.36 Å². The molecule has 124 valence electrons. The largest absolute Gasteiger partial charge is 0.465 e. The minimum absolute atomic E-state index is 0.342. The van der Waals surface area contributed by atoms with Gasteiger partial charge in [0.1, 0.15) is 11.8 Å². The molecule has 0 bridgehead atoms. The Balaban J connectivity index is 2.40. The molecule has 0 saturated heterocycles. The molecule has 0 saturated carbocycles. The van der Waals surface area contributed by atoms with Gasteiger partial charge in [0.25, 0.3) is 0 Å². The van der Waals surface area contributed by atoms with Crippen LogP contribution in [0.1, 0.15) is 33.6 Å². The zero-order chi connectivity index (χ0) is 16.6. The molecule has 1 unspecified atom stereocenters. The van der Waals surface area contributed by atoms with Crippen molar-refractivity contribution >= 4 is 24.1 Å². The normalized spacial score (nSPS) is 15.1. The fraction of sp³-hybridized carbons (Fsp3) is 0.533. The summed E-state index contributed by atoms with van der Waals surface area (Å²) in [6, 6.07) is 7.72. The number of carbonyl (C=O) groups is 1. The third-order valence-electron chi connectivity index (χ3n) is 2.84. The summed E-state index contributed by atoms with van der Waals surface area (Å²) in [4.78, 5) is 11.8. The monoisotopic (exact) mass is 347 g/mol. The number of para-hydroxylation sites is 1. The number of rotatable bonds is 9. The Morgan fingerprint density at radius 3 is 2.50 bits per heavy atom. The van der Waals surface area contributed by atoms with Gasteiger partial charge in [-0.3, -0.25) is 4.79 Å². The Morgan fingerprint density at radius 2 is 1.91 bits per heavy atom. The van der Waals surface area contributed by atoms with E-state index in [0.29, 0.717) is 18.3 Å². The summed E-state index contributed by atoms with van der Waals surface area (Å²) in [6.45, 7) is 2.44. The van der Waals surface area contributed by atoms with Crippen LogP contribution in [-0.2, 0) is 14.1 Å². The maximum Gasteiger partial charge on any atom is 0.409 e. The van der Waals surface area contributed by atoms with E-state index in [-0.39, 0.29) is 0 Å². The van der Waals surface area contributed by atoms with E-state index in [2.05, 4.69) is 18.9 Å². The van der Waals surface area contributed by atoms with E-state index in [1.165, 1.54) is 6.92 Å². The van der Waals surface area contributed by atoms with Crippen LogP contribution >= 0.6 is 18.1 Å². The van der Waals surface area contributed by atoms with Crippen molar-refractivity contribution in [3.05, 3.63) is 30.3 Å². The fourth-order valence-electron chi connectivity index (χ4n) is 1.72. The molecule has 1 aromatic carbocycles. The van der Waals surface area contributed by atoms with Crippen molar-refractivity contribution in [3.63, 3.8) is 0 Å². The van der Waals surface area contributed by atoms with Crippen molar-refractivity contribution in [1.29, 1.82) is 0 Å². The molecular weight excluding hydrogens is 325 g/mol. The molecule has 0 aliphatic rings. The molecule has 0 radical (unpaired) electrons. The molecule has 0 aliphatic heterocycles. The van der Waals surface area contributed by atoms with Crippen molar-refractivity contribution in [1.82, 2.24) is 5.09 Å². The highest BCUT2D eigenvalue weighted by atomic mass is 35.7. The predicted octanol–water partition coefficient (Wildman–Crippen LogP) is 4.37. The minimum atomic E-state index is -3.66. The molecule has 1 rings (SSSR count). The maximum atomic E-state index is 12.1. The van der Waals surface area contributed by atoms with E-state index in [1.54, 1.807) is 30.3 Å². The molecule has 22 heavy (non-hydrogen) atoms. The second-order valence-electron chi connectivity index (χ2n) is 5.44. The number of hydrogen-bond acceptors (Lipinski definition) is 4. The Bertz CT molecular complexity index is 510. The Labute approximate surface area is 136 Å². The molecule has 2 atom stereocenters. The number of halogens is 1. The standard InChI is InChI=1S/C15H23ClNO4P/c1-12(2)8-7-11-20-15(18)13(3)17-22(16,19)21-14-9-5-4-6-10-14/h4-6,9-10,12-13H,7-8,11H2,1-3H3,(H,17,19)/t13-,22?/m0/s1. The van der Waals surface area contributed by atoms with Gasteiger partial charge in [0.15, 0.2) is 0 Å². The van der Waals surface area contributed by atoms with Crippen LogP contribution in [0.15, 0.2) is 30.3 Å². The highest BCUT2D eigenvalue weighted by molar-refractivity contribution is 7.84. The molecule has 0 aliphatic carbocycles. The second kappa shape index (κ2) is 9.19.